The van der Waals surface area contributed by atoms with Gasteiger partial charge in [0.05, 0.1) is 36.3 Å². The highest BCUT2D eigenvalue weighted by Gasteiger charge is 2.25. The molecule has 1 aliphatic rings. The van der Waals surface area contributed by atoms with Crippen molar-refractivity contribution >= 4 is 11.9 Å². The first-order chi connectivity index (χ1) is 20.6. The van der Waals surface area contributed by atoms with E-state index in [4.69, 9.17) is 20.4 Å². The Bertz CT molecular complexity index is 983. The Morgan fingerprint density at radius 2 is 1.02 bits per heavy atom. The van der Waals surface area contributed by atoms with Gasteiger partial charge in [0.2, 0.25) is 0 Å². The molecule has 3 rings (SSSR count). The SMILES string of the molecule is CO.CO.C[C@@H]1CC(C)(C)NCC[NH2+][C@@H](C)CC(C)(C)NCC[NH2+]1.O=C(O)c1cccc([O-])c1.O=C(O)c1cccc([O-])c1. The molecule has 12 nitrogen and oxygen atoms in total. The molecule has 44 heavy (non-hydrogen) atoms. The second kappa shape index (κ2) is 23.2. The van der Waals surface area contributed by atoms with Crippen LogP contribution in [-0.2, 0) is 0 Å². The van der Waals surface area contributed by atoms with Gasteiger partial charge in [-0.3, -0.25) is 0 Å². The monoisotopic (exact) mass is 624 g/mol. The van der Waals surface area contributed by atoms with Crippen LogP contribution in [0, 0.1) is 0 Å². The maximum Gasteiger partial charge on any atom is 0.335 e. The predicted octanol–water partition coefficient (Wildman–Crippen LogP) is -0.446. The molecule has 2 aromatic carbocycles. The van der Waals surface area contributed by atoms with Crippen LogP contribution in [0.5, 0.6) is 11.5 Å². The zero-order valence-electron chi connectivity index (χ0n) is 27.6. The molecule has 0 spiro atoms. The number of quaternary nitrogens is 2. The van der Waals surface area contributed by atoms with Crippen molar-refractivity contribution < 1.29 is 50.9 Å². The molecule has 0 saturated carbocycles. The van der Waals surface area contributed by atoms with Crippen molar-refractivity contribution in [2.75, 3.05) is 40.4 Å². The molecular weight excluding hydrogens is 568 g/mol. The lowest BCUT2D eigenvalue weighted by Crippen LogP contribution is -2.92. The Morgan fingerprint density at radius 3 is 1.27 bits per heavy atom. The Kier molecular flexibility index (Phi) is 22.6. The lowest BCUT2D eigenvalue weighted by molar-refractivity contribution is -0.689. The van der Waals surface area contributed by atoms with Crippen molar-refractivity contribution in [3.8, 4) is 11.5 Å². The van der Waals surface area contributed by atoms with Crippen LogP contribution in [0.4, 0.5) is 0 Å². The van der Waals surface area contributed by atoms with Gasteiger partial charge >= 0.3 is 11.9 Å². The molecule has 0 aromatic heterocycles. The number of benzene rings is 2. The second-order valence-corrected chi connectivity index (χ2v) is 11.7. The third kappa shape index (κ3) is 21.4. The lowest BCUT2D eigenvalue weighted by Gasteiger charge is -2.31. The second-order valence-electron chi connectivity index (χ2n) is 11.7. The zero-order chi connectivity index (χ0) is 34.3. The standard InChI is InChI=1S/C16H36N4.2C7H6O3.2CH4O/c1-13-11-15(3,4)19-10-8-18-14(2)12-16(5,6)20-9-7-17-13;2*8-6-3-1-2-5(4-6)7(9)10;2*1-2/h13-14,17-20H,7-12H2,1-6H3;2*1-4,8H,(H,9,10);2*2H,1H3/t13-,14+;;;;. The van der Waals surface area contributed by atoms with E-state index in [-0.39, 0.29) is 33.7 Å². The van der Waals surface area contributed by atoms with Crippen molar-refractivity contribution in [2.45, 2.75) is 77.5 Å². The van der Waals surface area contributed by atoms with Gasteiger partial charge in [0.25, 0.3) is 0 Å². The summed E-state index contributed by atoms with van der Waals surface area (Å²) in [6.45, 7) is 18.5. The third-order valence-electron chi connectivity index (χ3n) is 6.46. The fourth-order valence-corrected chi connectivity index (χ4v) is 4.74. The lowest BCUT2D eigenvalue weighted by atomic mass is 9.94. The number of rotatable bonds is 2. The van der Waals surface area contributed by atoms with Crippen LogP contribution in [0.15, 0.2) is 48.5 Å². The average molecular weight is 625 g/mol. The van der Waals surface area contributed by atoms with Crippen LogP contribution >= 0.6 is 0 Å². The predicted molar refractivity (Wildman–Crippen MR) is 168 cm³/mol. The summed E-state index contributed by atoms with van der Waals surface area (Å²) in [5.74, 6) is -2.70. The van der Waals surface area contributed by atoms with Gasteiger partial charge < -0.3 is 51.9 Å². The number of aliphatic hydroxyl groups is 2. The number of nitrogens with one attached hydrogen (secondary N) is 2. The molecule has 2 atom stereocenters. The molecule has 0 aliphatic carbocycles. The van der Waals surface area contributed by atoms with E-state index in [9.17, 15) is 19.8 Å². The molecule has 252 valence electrons. The first-order valence-corrected chi connectivity index (χ1v) is 14.7. The number of aromatic carboxylic acids is 2. The summed E-state index contributed by atoms with van der Waals surface area (Å²) in [4.78, 5) is 20.4. The van der Waals surface area contributed by atoms with Gasteiger partial charge in [-0.05, 0) is 53.7 Å². The van der Waals surface area contributed by atoms with E-state index in [1.165, 1.54) is 62.3 Å². The first-order valence-electron chi connectivity index (χ1n) is 14.7. The highest BCUT2D eigenvalue weighted by atomic mass is 16.4. The fraction of sp³-hybridized carbons (Fsp3) is 0.562. The van der Waals surface area contributed by atoms with Gasteiger partial charge in [0.1, 0.15) is 0 Å². The molecule has 1 saturated heterocycles. The molecule has 10 N–H and O–H groups in total. The van der Waals surface area contributed by atoms with Crippen LogP contribution in [0.3, 0.4) is 0 Å². The number of nitrogens with two attached hydrogens (primary N) is 2. The van der Waals surface area contributed by atoms with Crippen molar-refractivity contribution in [2.24, 2.45) is 0 Å². The van der Waals surface area contributed by atoms with Gasteiger partial charge in [-0.2, -0.15) is 0 Å². The summed E-state index contributed by atoms with van der Waals surface area (Å²) in [5, 5.41) is 64.2. The quantitative estimate of drug-likeness (QED) is 0.215. The fourth-order valence-electron chi connectivity index (χ4n) is 4.74. The zero-order valence-corrected chi connectivity index (χ0v) is 27.6. The topological polar surface area (TPSA) is 218 Å². The van der Waals surface area contributed by atoms with E-state index in [1.807, 2.05) is 0 Å². The van der Waals surface area contributed by atoms with Gasteiger partial charge in [0, 0.05) is 51.2 Å². The smallest absolute Gasteiger partial charge is 0.335 e. The van der Waals surface area contributed by atoms with Crippen LogP contribution < -0.4 is 31.5 Å². The molecule has 2 aromatic rings. The van der Waals surface area contributed by atoms with Gasteiger partial charge in [-0.1, -0.05) is 36.4 Å². The highest BCUT2D eigenvalue weighted by Crippen LogP contribution is 2.11. The molecule has 0 bridgehead atoms. The van der Waals surface area contributed by atoms with Crippen molar-refractivity contribution in [3.05, 3.63) is 59.7 Å². The number of hydrogen-bond donors (Lipinski definition) is 8. The first kappa shape index (κ1) is 42.9. The number of carboxylic acids is 2. The van der Waals surface area contributed by atoms with E-state index in [2.05, 4.69) is 62.8 Å². The molecule has 1 aliphatic heterocycles. The number of carbonyl (C=O) groups is 2. The Balaban J connectivity index is 0. The van der Waals surface area contributed by atoms with Gasteiger partial charge in [0.15, 0.2) is 0 Å². The molecule has 0 amide bonds. The van der Waals surface area contributed by atoms with E-state index in [0.29, 0.717) is 12.1 Å². The van der Waals surface area contributed by atoms with Gasteiger partial charge in [-0.25, -0.2) is 9.59 Å². The summed E-state index contributed by atoms with van der Waals surface area (Å²) in [7, 11) is 2.00. The number of aliphatic hydroxyl groups excluding tert-OH is 2. The molecule has 0 unspecified atom stereocenters. The van der Waals surface area contributed by atoms with Crippen molar-refractivity contribution in [1.82, 2.24) is 10.6 Å². The van der Waals surface area contributed by atoms with Crippen LogP contribution in [-0.4, -0.2) is 95.9 Å². The third-order valence-corrected chi connectivity index (χ3v) is 6.46. The Labute approximate surface area is 262 Å². The van der Waals surface area contributed by atoms with Gasteiger partial charge in [-0.15, -0.1) is 11.5 Å². The average Bonchev–Trinajstić information content (AvgIpc) is 2.95. The van der Waals surface area contributed by atoms with E-state index in [0.717, 1.165) is 39.4 Å². The van der Waals surface area contributed by atoms with Crippen LogP contribution in [0.25, 0.3) is 0 Å². The normalized spacial score (nSPS) is 19.6. The minimum absolute atomic E-state index is 0.0347. The highest BCUT2D eigenvalue weighted by molar-refractivity contribution is 5.88. The summed E-state index contributed by atoms with van der Waals surface area (Å²) in [6.07, 6.45) is 2.43. The van der Waals surface area contributed by atoms with Crippen molar-refractivity contribution in [1.29, 1.82) is 0 Å². The largest absolute Gasteiger partial charge is 0.872 e. The van der Waals surface area contributed by atoms with Crippen LogP contribution in [0.1, 0.15) is 75.1 Å². The Morgan fingerprint density at radius 1 is 0.705 bits per heavy atom. The maximum absolute atomic E-state index is 10.5. The van der Waals surface area contributed by atoms with E-state index >= 15 is 0 Å². The Hall–Kier alpha value is -3.26. The summed E-state index contributed by atoms with van der Waals surface area (Å²) in [6, 6.07) is 11.7. The molecule has 0 radical (unpaired) electrons. The minimum atomic E-state index is -1.07. The van der Waals surface area contributed by atoms with Crippen molar-refractivity contribution in [3.63, 3.8) is 0 Å². The summed E-state index contributed by atoms with van der Waals surface area (Å²) in [5.41, 5.74) is 0.549. The number of carboxylic acid groups (broad SMARTS) is 2. The maximum atomic E-state index is 10.5. The summed E-state index contributed by atoms with van der Waals surface area (Å²) >= 11 is 0. The van der Waals surface area contributed by atoms with E-state index < -0.39 is 11.9 Å². The summed E-state index contributed by atoms with van der Waals surface area (Å²) < 4.78 is 0. The minimum Gasteiger partial charge on any atom is -0.872 e. The molecule has 1 heterocycles. The molecular formula is C32H56N4O8. The van der Waals surface area contributed by atoms with Crippen LogP contribution in [0.2, 0.25) is 0 Å². The van der Waals surface area contributed by atoms with E-state index in [1.54, 1.807) is 0 Å². The molecule has 12 heteroatoms. The number of hydrogen-bond acceptors (Lipinski definition) is 8. The molecule has 1 fully saturated rings.